The first kappa shape index (κ1) is 25.9. The molecule has 0 saturated carbocycles. The molecule has 1 aliphatic rings. The van der Waals surface area contributed by atoms with Crippen molar-refractivity contribution in [3.8, 4) is 5.88 Å². The van der Waals surface area contributed by atoms with Crippen molar-refractivity contribution in [1.82, 2.24) is 30.4 Å². The minimum atomic E-state index is 0. The van der Waals surface area contributed by atoms with Crippen molar-refractivity contribution in [2.75, 3.05) is 13.7 Å². The summed E-state index contributed by atoms with van der Waals surface area (Å²) >= 11 is 0. The van der Waals surface area contributed by atoms with Gasteiger partial charge >= 0.3 is 0 Å². The first-order valence-electron chi connectivity index (χ1n) is 11.3. The number of nitrogens with one attached hydrogen (secondary N) is 2. The van der Waals surface area contributed by atoms with Crippen LogP contribution in [0.2, 0.25) is 0 Å². The third-order valence-electron chi connectivity index (χ3n) is 5.31. The number of ether oxygens (including phenoxy) is 2. The van der Waals surface area contributed by atoms with E-state index in [1.54, 1.807) is 13.3 Å². The largest absolute Gasteiger partial charge is 0.473 e. The Labute approximate surface area is 217 Å². The van der Waals surface area contributed by atoms with Gasteiger partial charge in [-0.1, -0.05) is 30.3 Å². The van der Waals surface area contributed by atoms with Crippen LogP contribution in [0.5, 0.6) is 5.88 Å². The van der Waals surface area contributed by atoms with E-state index in [1.807, 2.05) is 47.1 Å². The molecule has 0 bridgehead atoms. The molecule has 0 amide bonds. The van der Waals surface area contributed by atoms with E-state index in [-0.39, 0.29) is 30.0 Å². The second kappa shape index (κ2) is 13.2. The van der Waals surface area contributed by atoms with Gasteiger partial charge in [0.2, 0.25) is 5.88 Å². The number of nitrogens with zero attached hydrogens (tertiary/aromatic N) is 5. The van der Waals surface area contributed by atoms with E-state index in [0.29, 0.717) is 25.6 Å². The lowest BCUT2D eigenvalue weighted by Gasteiger charge is -2.25. The lowest BCUT2D eigenvalue weighted by Crippen LogP contribution is -2.47. The number of rotatable bonds is 9. The standard InChI is InChI=1S/C24H31N7O2.HI/c1-3-25-24(28-20-9-10-22-29-21(17-32-2)30-31(22)15-20)27-14-19-11-12-26-23(13-19)33-16-18-7-5-4-6-8-18;/h4-8,11-13,20H,3,9-10,14-17H2,1-2H3,(H2,25,27,28);1H. The Morgan fingerprint density at radius 3 is 2.82 bits per heavy atom. The molecule has 0 radical (unpaired) electrons. The highest BCUT2D eigenvalue weighted by Crippen LogP contribution is 2.15. The number of aryl methyl sites for hydroxylation is 1. The highest BCUT2D eigenvalue weighted by Gasteiger charge is 2.22. The molecule has 0 saturated heterocycles. The number of aliphatic imine (C=N–C) groups is 1. The number of hydrogen-bond acceptors (Lipinski definition) is 6. The summed E-state index contributed by atoms with van der Waals surface area (Å²) in [6.07, 6.45) is 3.61. The summed E-state index contributed by atoms with van der Waals surface area (Å²) in [4.78, 5) is 13.6. The number of pyridine rings is 1. The predicted octanol–water partition coefficient (Wildman–Crippen LogP) is 3.09. The average Bonchev–Trinajstić information content (AvgIpc) is 3.24. The number of guanidine groups is 1. The summed E-state index contributed by atoms with van der Waals surface area (Å²) in [5, 5.41) is 11.4. The minimum absolute atomic E-state index is 0. The fourth-order valence-corrected chi connectivity index (χ4v) is 3.71. The highest BCUT2D eigenvalue weighted by atomic mass is 127. The van der Waals surface area contributed by atoms with Crippen LogP contribution >= 0.6 is 24.0 Å². The first-order chi connectivity index (χ1) is 16.2. The van der Waals surface area contributed by atoms with E-state index < -0.39 is 0 Å². The molecule has 182 valence electrons. The van der Waals surface area contributed by atoms with Crippen LogP contribution in [-0.4, -0.2) is 45.4 Å². The van der Waals surface area contributed by atoms with Crippen LogP contribution in [0.15, 0.2) is 53.7 Å². The van der Waals surface area contributed by atoms with E-state index in [2.05, 4.69) is 32.6 Å². The van der Waals surface area contributed by atoms with Gasteiger partial charge in [-0.3, -0.25) is 0 Å². The van der Waals surface area contributed by atoms with Gasteiger partial charge in [0.1, 0.15) is 19.0 Å². The van der Waals surface area contributed by atoms with E-state index in [4.69, 9.17) is 14.5 Å². The molecule has 2 aromatic heterocycles. The van der Waals surface area contributed by atoms with Crippen molar-refractivity contribution in [3.63, 3.8) is 0 Å². The molecule has 3 aromatic rings. The Balaban J connectivity index is 0.00000324. The number of halogens is 1. The van der Waals surface area contributed by atoms with Gasteiger partial charge in [-0.15, -0.1) is 24.0 Å². The zero-order valence-corrected chi connectivity index (χ0v) is 21.9. The van der Waals surface area contributed by atoms with Crippen LogP contribution in [0.4, 0.5) is 0 Å². The van der Waals surface area contributed by atoms with Gasteiger partial charge in [0.15, 0.2) is 11.8 Å². The predicted molar refractivity (Wildman–Crippen MR) is 141 cm³/mol. The molecular formula is C24H32IN7O2. The number of hydrogen-bond donors (Lipinski definition) is 2. The molecular weight excluding hydrogens is 545 g/mol. The van der Waals surface area contributed by atoms with E-state index >= 15 is 0 Å². The van der Waals surface area contributed by atoms with Crippen molar-refractivity contribution in [2.24, 2.45) is 4.99 Å². The molecule has 34 heavy (non-hydrogen) atoms. The fourth-order valence-electron chi connectivity index (χ4n) is 3.71. The maximum Gasteiger partial charge on any atom is 0.213 e. The quantitative estimate of drug-likeness (QED) is 0.229. The van der Waals surface area contributed by atoms with Crippen LogP contribution in [0, 0.1) is 0 Å². The molecule has 3 heterocycles. The van der Waals surface area contributed by atoms with Crippen molar-refractivity contribution in [3.05, 3.63) is 71.4 Å². The van der Waals surface area contributed by atoms with Crippen LogP contribution in [0.3, 0.4) is 0 Å². The van der Waals surface area contributed by atoms with Gasteiger partial charge < -0.3 is 20.1 Å². The third-order valence-corrected chi connectivity index (χ3v) is 5.31. The van der Waals surface area contributed by atoms with Crippen molar-refractivity contribution < 1.29 is 9.47 Å². The summed E-state index contributed by atoms with van der Waals surface area (Å²) < 4.78 is 13.0. The van der Waals surface area contributed by atoms with Crippen LogP contribution in [0.25, 0.3) is 0 Å². The maximum absolute atomic E-state index is 5.85. The summed E-state index contributed by atoms with van der Waals surface area (Å²) in [5.74, 6) is 3.13. The molecule has 0 aliphatic carbocycles. The second-order valence-corrected chi connectivity index (χ2v) is 7.91. The van der Waals surface area contributed by atoms with E-state index in [0.717, 1.165) is 54.7 Å². The molecule has 1 aromatic carbocycles. The van der Waals surface area contributed by atoms with Gasteiger partial charge in [0, 0.05) is 38.4 Å². The lowest BCUT2D eigenvalue weighted by molar-refractivity contribution is 0.177. The Kier molecular flexibility index (Phi) is 10.1. The molecule has 0 spiro atoms. The zero-order valence-electron chi connectivity index (χ0n) is 19.6. The van der Waals surface area contributed by atoms with Gasteiger partial charge in [0.25, 0.3) is 0 Å². The minimum Gasteiger partial charge on any atom is -0.473 e. The fraction of sp³-hybridized carbons (Fsp3) is 0.417. The SMILES string of the molecule is CCNC(=NCc1ccnc(OCc2ccccc2)c1)NC1CCc2nc(COC)nn2C1.I. The van der Waals surface area contributed by atoms with Gasteiger partial charge in [0.05, 0.1) is 13.1 Å². The monoisotopic (exact) mass is 577 g/mol. The zero-order chi connectivity index (χ0) is 22.9. The second-order valence-electron chi connectivity index (χ2n) is 7.91. The number of benzene rings is 1. The number of methoxy groups -OCH3 is 1. The molecule has 1 atom stereocenters. The molecule has 1 unspecified atom stereocenters. The van der Waals surface area contributed by atoms with Crippen LogP contribution < -0.4 is 15.4 Å². The van der Waals surface area contributed by atoms with Gasteiger partial charge in [-0.25, -0.2) is 19.6 Å². The Bertz CT molecular complexity index is 1060. The third kappa shape index (κ3) is 7.39. The number of fused-ring (bicyclic) bond motifs is 1. The van der Waals surface area contributed by atoms with Crippen LogP contribution in [0.1, 0.15) is 36.1 Å². The molecule has 2 N–H and O–H groups in total. The van der Waals surface area contributed by atoms with Crippen molar-refractivity contribution in [2.45, 2.75) is 52.1 Å². The van der Waals surface area contributed by atoms with Gasteiger partial charge in [-0.05, 0) is 30.5 Å². The smallest absolute Gasteiger partial charge is 0.213 e. The molecule has 4 rings (SSSR count). The highest BCUT2D eigenvalue weighted by molar-refractivity contribution is 14.0. The van der Waals surface area contributed by atoms with E-state index in [9.17, 15) is 0 Å². The number of aromatic nitrogens is 4. The molecule has 0 fully saturated rings. The Morgan fingerprint density at radius 2 is 2.03 bits per heavy atom. The lowest BCUT2D eigenvalue weighted by atomic mass is 10.1. The molecule has 10 heteroatoms. The summed E-state index contributed by atoms with van der Waals surface area (Å²) in [6, 6.07) is 14.2. The van der Waals surface area contributed by atoms with E-state index in [1.165, 1.54) is 0 Å². The summed E-state index contributed by atoms with van der Waals surface area (Å²) in [7, 11) is 1.66. The first-order valence-corrected chi connectivity index (χ1v) is 11.3. The van der Waals surface area contributed by atoms with Gasteiger partial charge in [-0.2, -0.15) is 5.10 Å². The normalized spacial score (nSPS) is 15.2. The van der Waals surface area contributed by atoms with Crippen LogP contribution in [-0.2, 0) is 37.5 Å². The molecule has 1 aliphatic heterocycles. The van der Waals surface area contributed by atoms with Crippen molar-refractivity contribution >= 4 is 29.9 Å². The molecule has 9 nitrogen and oxygen atoms in total. The summed E-state index contributed by atoms with van der Waals surface area (Å²) in [6.45, 7) is 5.05. The van der Waals surface area contributed by atoms with Crippen molar-refractivity contribution in [1.29, 1.82) is 0 Å². The summed E-state index contributed by atoms with van der Waals surface area (Å²) in [5.41, 5.74) is 2.15. The maximum atomic E-state index is 5.85. The Hall–Kier alpha value is -2.73. The topological polar surface area (TPSA) is 98.5 Å². The Morgan fingerprint density at radius 1 is 1.18 bits per heavy atom. The average molecular weight is 577 g/mol.